The molecule has 11 nitrogen and oxygen atoms in total. The van der Waals surface area contributed by atoms with Crippen LogP contribution in [0.25, 0.3) is 0 Å². The van der Waals surface area contributed by atoms with Gasteiger partial charge in [-0.3, -0.25) is 0 Å². The van der Waals surface area contributed by atoms with Crippen molar-refractivity contribution in [1.82, 2.24) is 0 Å². The Hall–Kier alpha value is -5.98. The van der Waals surface area contributed by atoms with Gasteiger partial charge in [0.05, 0.1) is 46.6 Å². The molecule has 13 heteroatoms. The van der Waals surface area contributed by atoms with Crippen LogP contribution in [-0.2, 0) is 0 Å². The Morgan fingerprint density at radius 3 is 0.906 bits per heavy atom. The van der Waals surface area contributed by atoms with E-state index in [1.54, 1.807) is 48.6 Å². The van der Waals surface area contributed by atoms with E-state index in [2.05, 4.69) is 0 Å². The van der Waals surface area contributed by atoms with E-state index in [9.17, 15) is 46.9 Å². The van der Waals surface area contributed by atoms with Crippen molar-refractivity contribution in [2.75, 3.05) is 0 Å². The van der Waals surface area contributed by atoms with E-state index in [0.717, 1.165) is 0 Å². The van der Waals surface area contributed by atoms with Gasteiger partial charge in [0.2, 0.25) is 0 Å². The fourth-order valence-electron chi connectivity index (χ4n) is 3.58. The van der Waals surface area contributed by atoms with Crippen LogP contribution in [0, 0.1) is 90.6 Å². The Kier molecular flexibility index (Phi) is 5.06. The first-order valence-corrected chi connectivity index (χ1v) is 8.29. The summed E-state index contributed by atoms with van der Waals surface area (Å²) in [6.07, 6.45) is 0. The average Bonchev–Trinajstić information content (AvgIpc) is 3.44. The van der Waals surface area contributed by atoms with E-state index >= 15 is 0 Å². The summed E-state index contributed by atoms with van der Waals surface area (Å²) in [5, 5.41) is 75.9. The number of hydrogen-bond acceptors (Lipinski definition) is 11. The fourth-order valence-corrected chi connectivity index (χ4v) is 3.58. The molecule has 0 aromatic carbocycles. The molecule has 0 atom stereocenters. The first-order chi connectivity index (χ1) is 15.5. The van der Waals surface area contributed by atoms with Crippen molar-refractivity contribution in [3.63, 3.8) is 0 Å². The quantitative estimate of drug-likeness (QED) is 0.547. The molecule has 2 aliphatic rings. The van der Waals surface area contributed by atoms with Gasteiger partial charge in [0.15, 0.2) is 0 Å². The summed E-state index contributed by atoms with van der Waals surface area (Å²) >= 11 is 0. The number of hydrogen-bond donors (Lipinski definition) is 0. The van der Waals surface area contributed by atoms with Gasteiger partial charge in [-0.2, -0.15) is 42.1 Å². The van der Waals surface area contributed by atoms with Gasteiger partial charge in [-0.15, -0.1) is 0 Å². The monoisotopic (exact) mass is 410 g/mol. The molecule has 3 heterocycles. The summed E-state index contributed by atoms with van der Waals surface area (Å²) in [5.74, 6) is -1.33. The van der Waals surface area contributed by atoms with Crippen LogP contribution in [0.15, 0.2) is 57.8 Å². The number of allylic oxidation sites excluding steroid dienone is 8. The molecular weight excluding hydrogens is 410 g/mol. The zero-order chi connectivity index (χ0) is 23.6. The SMILES string of the molecule is N#CC1=C(C#N)C(C#N)=C(C#N)B1c1oc(=O)oc1B1C(C#N)=C(C#N)C(C#N)=C1C#N. The summed E-state index contributed by atoms with van der Waals surface area (Å²) in [6, 6.07) is 13.5. The van der Waals surface area contributed by atoms with Gasteiger partial charge in [-0.1, -0.05) is 0 Å². The molecule has 0 amide bonds. The van der Waals surface area contributed by atoms with Gasteiger partial charge >= 0.3 is 19.2 Å². The van der Waals surface area contributed by atoms with Crippen LogP contribution in [0.4, 0.5) is 0 Å². The molecule has 0 aliphatic carbocycles. The van der Waals surface area contributed by atoms with Crippen LogP contribution in [0.5, 0.6) is 0 Å². The van der Waals surface area contributed by atoms with Crippen LogP contribution >= 0.6 is 0 Å². The lowest BCUT2D eigenvalue weighted by Gasteiger charge is -2.09. The van der Waals surface area contributed by atoms with E-state index in [-0.39, 0.29) is 21.9 Å². The summed E-state index contributed by atoms with van der Waals surface area (Å²) < 4.78 is 10.1. The normalized spacial score (nSPS) is 14.8. The first kappa shape index (κ1) is 20.7. The summed E-state index contributed by atoms with van der Waals surface area (Å²) in [6.45, 7) is -3.01. The molecule has 0 fully saturated rings. The van der Waals surface area contributed by atoms with Crippen LogP contribution in [-0.4, -0.2) is 13.4 Å². The Morgan fingerprint density at radius 1 is 0.469 bits per heavy atom. The molecule has 0 unspecified atom stereocenters. The highest BCUT2D eigenvalue weighted by molar-refractivity contribution is 6.96. The number of nitriles is 8. The zero-order valence-corrected chi connectivity index (χ0v) is 15.5. The minimum atomic E-state index is -1.51. The molecular formula is C19B2N8O3. The van der Waals surface area contributed by atoms with E-state index in [0.29, 0.717) is 0 Å². The molecule has 32 heavy (non-hydrogen) atoms. The van der Waals surface area contributed by atoms with Crippen molar-refractivity contribution < 1.29 is 8.83 Å². The molecule has 0 bridgehead atoms. The molecule has 0 N–H and O–H groups in total. The summed E-state index contributed by atoms with van der Waals surface area (Å²) in [7, 11) is 0. The second-order valence-electron chi connectivity index (χ2n) is 6.10. The Morgan fingerprint density at radius 2 is 0.719 bits per heavy atom. The van der Waals surface area contributed by atoms with Crippen molar-refractivity contribution in [2.24, 2.45) is 0 Å². The van der Waals surface area contributed by atoms with Gasteiger partial charge < -0.3 is 8.83 Å². The molecule has 1 aromatic heterocycles. The van der Waals surface area contributed by atoms with Gasteiger partial charge in [0.25, 0.3) is 0 Å². The predicted octanol–water partition coefficient (Wildman–Crippen LogP) is -0.805. The van der Waals surface area contributed by atoms with Gasteiger partial charge in [-0.05, 0) is 0 Å². The molecule has 0 saturated heterocycles. The van der Waals surface area contributed by atoms with Crippen molar-refractivity contribution in [2.45, 2.75) is 0 Å². The molecule has 140 valence electrons. The topological polar surface area (TPSA) is 234 Å². The van der Waals surface area contributed by atoms with Crippen LogP contribution < -0.4 is 17.1 Å². The summed E-state index contributed by atoms with van der Waals surface area (Å²) in [4.78, 5) is 12.0. The smallest absolute Gasteiger partial charge is 0.406 e. The molecule has 3 rings (SSSR count). The second-order valence-corrected chi connectivity index (χ2v) is 6.10. The largest absolute Gasteiger partial charge is 0.517 e. The highest BCUT2D eigenvalue weighted by Crippen LogP contribution is 2.33. The zero-order valence-electron chi connectivity index (χ0n) is 15.5. The third-order valence-electron chi connectivity index (χ3n) is 4.81. The van der Waals surface area contributed by atoms with Crippen molar-refractivity contribution in [3.05, 3.63) is 54.8 Å². The van der Waals surface area contributed by atoms with Gasteiger partial charge in [-0.25, -0.2) is 4.79 Å². The fraction of sp³-hybridized carbons (Fsp3) is 0. The van der Waals surface area contributed by atoms with Crippen LogP contribution in [0.1, 0.15) is 0 Å². The molecule has 0 spiro atoms. The summed E-state index contributed by atoms with van der Waals surface area (Å²) in [5.41, 5.74) is -4.12. The first-order valence-electron chi connectivity index (χ1n) is 8.29. The highest BCUT2D eigenvalue weighted by Gasteiger charge is 2.49. The highest BCUT2D eigenvalue weighted by atomic mass is 16.6. The van der Waals surface area contributed by atoms with Gasteiger partial charge in [0, 0.05) is 21.9 Å². The predicted molar refractivity (Wildman–Crippen MR) is 101 cm³/mol. The lowest BCUT2D eigenvalue weighted by Crippen LogP contribution is -2.49. The number of rotatable bonds is 2. The standard InChI is InChI=1S/C19B2N8O3/c22-1-9-10(2-23)14(6-27)20(13(9)5-26)17-18(32-19(30)31-17)21-15(7-28)11(3-24)12(4-25)16(21)8-29. The third-order valence-corrected chi connectivity index (χ3v) is 4.81. The van der Waals surface area contributed by atoms with Crippen LogP contribution in [0.2, 0.25) is 0 Å². The second kappa shape index (κ2) is 7.80. The van der Waals surface area contributed by atoms with Crippen molar-refractivity contribution in [1.29, 1.82) is 42.1 Å². The van der Waals surface area contributed by atoms with Gasteiger partial charge in [0.1, 0.15) is 35.6 Å². The molecule has 0 saturated carbocycles. The van der Waals surface area contributed by atoms with E-state index in [4.69, 9.17) is 8.83 Å². The van der Waals surface area contributed by atoms with E-state index < -0.39 is 52.9 Å². The lowest BCUT2D eigenvalue weighted by molar-refractivity contribution is 0.401. The van der Waals surface area contributed by atoms with E-state index in [1.807, 2.05) is 0 Å². The minimum absolute atomic E-state index is 0.379. The lowest BCUT2D eigenvalue weighted by atomic mass is 9.32. The van der Waals surface area contributed by atoms with E-state index in [1.165, 1.54) is 0 Å². The minimum Gasteiger partial charge on any atom is -0.406 e. The van der Waals surface area contributed by atoms with Crippen molar-refractivity contribution >= 4 is 24.7 Å². The maximum atomic E-state index is 12.0. The van der Waals surface area contributed by atoms with Crippen LogP contribution in [0.3, 0.4) is 0 Å². The maximum Gasteiger partial charge on any atom is 0.517 e. The number of nitrogens with zero attached hydrogens (tertiary/aromatic N) is 8. The third kappa shape index (κ3) is 2.60. The van der Waals surface area contributed by atoms with Crippen molar-refractivity contribution in [3.8, 4) is 48.6 Å². The Labute approximate surface area is 179 Å². The molecule has 0 radical (unpaired) electrons. The molecule has 2 aliphatic heterocycles. The Balaban J connectivity index is 2.43. The maximum absolute atomic E-state index is 12.0. The molecule has 1 aromatic rings. The Bertz CT molecular complexity index is 1430. The average molecular weight is 410 g/mol.